The molecule has 1 fully saturated rings. The Morgan fingerprint density at radius 1 is 1.00 bits per heavy atom. The number of nitrogens with zero attached hydrogens (tertiary/aromatic N) is 1. The van der Waals surface area contributed by atoms with Crippen molar-refractivity contribution in [2.24, 2.45) is 0 Å². The molecule has 5 rings (SSSR count). The highest BCUT2D eigenvalue weighted by atomic mass is 16.7. The van der Waals surface area contributed by atoms with Crippen LogP contribution >= 0.6 is 0 Å². The first-order valence-corrected chi connectivity index (χ1v) is 11.0. The van der Waals surface area contributed by atoms with Gasteiger partial charge in [0.2, 0.25) is 12.7 Å². The van der Waals surface area contributed by atoms with Crippen molar-refractivity contribution in [2.75, 3.05) is 12.1 Å². The molecule has 2 heterocycles. The van der Waals surface area contributed by atoms with Gasteiger partial charge < -0.3 is 24.8 Å². The predicted octanol–water partition coefficient (Wildman–Crippen LogP) is 4.00. The maximum atomic E-state index is 13.3. The maximum absolute atomic E-state index is 13.3. The molecule has 0 aromatic heterocycles. The fourth-order valence-corrected chi connectivity index (χ4v) is 4.01. The van der Waals surface area contributed by atoms with E-state index in [1.807, 2.05) is 30.3 Å². The number of anilines is 1. The van der Waals surface area contributed by atoms with E-state index in [4.69, 9.17) is 14.2 Å². The van der Waals surface area contributed by atoms with E-state index in [-0.39, 0.29) is 6.79 Å². The topological polar surface area (TPSA) is 106 Å². The van der Waals surface area contributed by atoms with Gasteiger partial charge in [-0.05, 0) is 67.9 Å². The molecule has 4 amide bonds. The Labute approximate surface area is 201 Å². The van der Waals surface area contributed by atoms with Crippen molar-refractivity contribution >= 4 is 23.5 Å². The normalized spacial score (nSPS) is 19.3. The first-order chi connectivity index (χ1) is 16.8. The molecule has 2 aliphatic rings. The van der Waals surface area contributed by atoms with Gasteiger partial charge in [0, 0.05) is 5.69 Å². The van der Waals surface area contributed by atoms with Gasteiger partial charge in [-0.2, -0.15) is 0 Å². The second-order valence-corrected chi connectivity index (χ2v) is 8.40. The first kappa shape index (κ1) is 22.3. The Morgan fingerprint density at radius 2 is 1.69 bits per heavy atom. The molecule has 0 radical (unpaired) electrons. The maximum Gasteiger partial charge on any atom is 0.326 e. The third kappa shape index (κ3) is 4.12. The summed E-state index contributed by atoms with van der Waals surface area (Å²) in [4.78, 5) is 39.9. The van der Waals surface area contributed by atoms with E-state index >= 15 is 0 Å². The van der Waals surface area contributed by atoms with Crippen molar-refractivity contribution in [1.29, 1.82) is 0 Å². The lowest BCUT2D eigenvalue weighted by Gasteiger charge is -2.24. The van der Waals surface area contributed by atoms with Crippen LogP contribution in [0.3, 0.4) is 0 Å². The van der Waals surface area contributed by atoms with Crippen LogP contribution in [0.5, 0.6) is 23.0 Å². The minimum Gasteiger partial charge on any atom is -0.457 e. The fourth-order valence-electron chi connectivity index (χ4n) is 4.01. The van der Waals surface area contributed by atoms with Crippen LogP contribution in [0, 0.1) is 0 Å². The number of nitrogens with one attached hydrogen (secondary N) is 2. The van der Waals surface area contributed by atoms with Gasteiger partial charge in [0.15, 0.2) is 11.5 Å². The van der Waals surface area contributed by atoms with Gasteiger partial charge >= 0.3 is 6.03 Å². The van der Waals surface area contributed by atoms with Crippen molar-refractivity contribution in [2.45, 2.75) is 25.4 Å². The molecule has 2 aliphatic heterocycles. The number of urea groups is 1. The van der Waals surface area contributed by atoms with Crippen LogP contribution in [0.4, 0.5) is 10.5 Å². The summed E-state index contributed by atoms with van der Waals surface area (Å²) in [5.74, 6) is 1.34. The molecular formula is C26H23N3O6. The van der Waals surface area contributed by atoms with Crippen LogP contribution < -0.4 is 24.8 Å². The molecule has 3 aromatic rings. The molecule has 9 nitrogen and oxygen atoms in total. The number of fused-ring (bicyclic) bond motifs is 1. The summed E-state index contributed by atoms with van der Waals surface area (Å²) in [5, 5.41) is 5.46. The minimum atomic E-state index is -1.34. The Kier molecular flexibility index (Phi) is 5.52. The molecule has 2 atom stereocenters. The second kappa shape index (κ2) is 8.68. The van der Waals surface area contributed by atoms with E-state index in [0.717, 1.165) is 4.90 Å². The Morgan fingerprint density at radius 3 is 2.43 bits per heavy atom. The summed E-state index contributed by atoms with van der Waals surface area (Å²) in [6.45, 7) is 3.20. The molecule has 0 bridgehead atoms. The third-order valence-electron chi connectivity index (χ3n) is 6.04. The molecule has 1 saturated heterocycles. The van der Waals surface area contributed by atoms with E-state index in [0.29, 0.717) is 34.2 Å². The van der Waals surface area contributed by atoms with Gasteiger partial charge in [0.25, 0.3) is 5.91 Å². The molecule has 0 saturated carbocycles. The van der Waals surface area contributed by atoms with Crippen LogP contribution in [0.25, 0.3) is 0 Å². The number of ether oxygens (including phenoxy) is 3. The predicted molar refractivity (Wildman–Crippen MR) is 126 cm³/mol. The summed E-state index contributed by atoms with van der Waals surface area (Å²) < 4.78 is 16.5. The third-order valence-corrected chi connectivity index (χ3v) is 6.04. The smallest absolute Gasteiger partial charge is 0.326 e. The number of hydrogen-bond donors (Lipinski definition) is 2. The lowest BCUT2D eigenvalue weighted by atomic mass is 9.91. The van der Waals surface area contributed by atoms with Crippen LogP contribution in [-0.2, 0) is 15.1 Å². The largest absolute Gasteiger partial charge is 0.457 e. The standard InChI is InChI=1S/C26H23N3O6/c1-16(23(30)27-18-9-11-20(12-10-18)35-19-6-4-3-5-7-19)29-24(31)26(2,28-25(29)32)17-8-13-21-22(14-17)34-15-33-21/h3-14,16H,15H2,1-2H3,(H,27,30)(H,28,32)/t16-,26-/m1/s1. The van der Waals surface area contributed by atoms with E-state index in [9.17, 15) is 14.4 Å². The SMILES string of the molecule is C[C@H](C(=O)Nc1ccc(Oc2ccccc2)cc1)N1C(=O)N[C@](C)(c2ccc3c(c2)OCO3)C1=O. The Balaban J connectivity index is 1.27. The lowest BCUT2D eigenvalue weighted by molar-refractivity contribution is -0.136. The number of carbonyl (C=O) groups is 3. The van der Waals surface area contributed by atoms with Crippen molar-refractivity contribution in [3.05, 3.63) is 78.4 Å². The number of para-hydroxylation sites is 1. The van der Waals surface area contributed by atoms with E-state index in [1.165, 1.54) is 6.92 Å². The summed E-state index contributed by atoms with van der Waals surface area (Å²) in [5.41, 5.74) is -0.305. The van der Waals surface area contributed by atoms with Gasteiger partial charge in [-0.1, -0.05) is 24.3 Å². The van der Waals surface area contributed by atoms with Crippen molar-refractivity contribution in [3.63, 3.8) is 0 Å². The molecular weight excluding hydrogens is 450 g/mol. The highest BCUT2D eigenvalue weighted by molar-refractivity contribution is 6.11. The Bertz CT molecular complexity index is 1290. The van der Waals surface area contributed by atoms with Crippen molar-refractivity contribution < 1.29 is 28.6 Å². The van der Waals surface area contributed by atoms with Crippen LogP contribution in [0.15, 0.2) is 72.8 Å². The summed E-state index contributed by atoms with van der Waals surface area (Å²) in [6, 6.07) is 19.5. The number of imide groups is 1. The van der Waals surface area contributed by atoms with Gasteiger partial charge in [-0.15, -0.1) is 0 Å². The zero-order chi connectivity index (χ0) is 24.6. The fraction of sp³-hybridized carbons (Fsp3) is 0.192. The zero-order valence-electron chi connectivity index (χ0n) is 19.1. The van der Waals surface area contributed by atoms with Gasteiger partial charge in [0.1, 0.15) is 23.1 Å². The molecule has 35 heavy (non-hydrogen) atoms. The molecule has 0 aliphatic carbocycles. The molecule has 3 aromatic carbocycles. The molecule has 0 spiro atoms. The first-order valence-electron chi connectivity index (χ1n) is 11.0. The molecule has 9 heteroatoms. The van der Waals surface area contributed by atoms with Crippen LogP contribution in [0.2, 0.25) is 0 Å². The van der Waals surface area contributed by atoms with E-state index in [1.54, 1.807) is 49.4 Å². The van der Waals surface area contributed by atoms with Crippen LogP contribution in [-0.4, -0.2) is 35.6 Å². The number of amides is 4. The highest BCUT2D eigenvalue weighted by Crippen LogP contribution is 2.38. The molecule has 2 N–H and O–H groups in total. The van der Waals surface area contributed by atoms with E-state index in [2.05, 4.69) is 10.6 Å². The van der Waals surface area contributed by atoms with Crippen molar-refractivity contribution in [1.82, 2.24) is 10.2 Å². The summed E-state index contributed by atoms with van der Waals surface area (Å²) >= 11 is 0. The number of rotatable bonds is 6. The Hall–Kier alpha value is -4.53. The number of benzene rings is 3. The van der Waals surface area contributed by atoms with Gasteiger partial charge in [0.05, 0.1) is 0 Å². The van der Waals surface area contributed by atoms with Gasteiger partial charge in [-0.3, -0.25) is 9.59 Å². The monoisotopic (exact) mass is 473 g/mol. The van der Waals surface area contributed by atoms with E-state index < -0.39 is 29.4 Å². The highest BCUT2D eigenvalue weighted by Gasteiger charge is 2.52. The average Bonchev–Trinajstić information content (AvgIpc) is 3.42. The average molecular weight is 473 g/mol. The minimum absolute atomic E-state index is 0.0957. The number of hydrogen-bond acceptors (Lipinski definition) is 6. The van der Waals surface area contributed by atoms with Crippen molar-refractivity contribution in [3.8, 4) is 23.0 Å². The molecule has 178 valence electrons. The van der Waals surface area contributed by atoms with Gasteiger partial charge in [-0.25, -0.2) is 9.69 Å². The second-order valence-electron chi connectivity index (χ2n) is 8.40. The van der Waals surface area contributed by atoms with Crippen LogP contribution in [0.1, 0.15) is 19.4 Å². The summed E-state index contributed by atoms with van der Waals surface area (Å²) in [6.07, 6.45) is 0. The lowest BCUT2D eigenvalue weighted by Crippen LogP contribution is -2.47. The number of carbonyl (C=O) groups excluding carboxylic acids is 3. The summed E-state index contributed by atoms with van der Waals surface area (Å²) in [7, 11) is 0. The molecule has 0 unspecified atom stereocenters. The zero-order valence-corrected chi connectivity index (χ0v) is 19.1. The quantitative estimate of drug-likeness (QED) is 0.524.